The van der Waals surface area contributed by atoms with Gasteiger partial charge in [-0.3, -0.25) is 9.97 Å². The van der Waals surface area contributed by atoms with E-state index in [9.17, 15) is 5.11 Å². The molecule has 0 amide bonds. The Labute approximate surface area is 71.5 Å². The third kappa shape index (κ3) is 1.46. The SMILES string of the molecule is OC1CCC(c2cnccn2)C1. The standard InChI is InChI=1S/C9H12N2O/c12-8-2-1-7(5-8)9-6-10-3-4-11-9/h3-4,6-8,12H,1-2,5H2. The lowest BCUT2D eigenvalue weighted by atomic mass is 10.1. The monoisotopic (exact) mass is 164 g/mol. The molecule has 2 unspecified atom stereocenters. The predicted octanol–water partition coefficient (Wildman–Crippen LogP) is 1.10. The molecule has 1 aromatic rings. The minimum absolute atomic E-state index is 0.128. The topological polar surface area (TPSA) is 46.0 Å². The third-order valence-electron chi connectivity index (χ3n) is 2.41. The largest absolute Gasteiger partial charge is 0.393 e. The summed E-state index contributed by atoms with van der Waals surface area (Å²) in [4.78, 5) is 8.23. The van der Waals surface area contributed by atoms with Gasteiger partial charge in [0.25, 0.3) is 0 Å². The molecule has 3 heteroatoms. The number of rotatable bonds is 1. The van der Waals surface area contributed by atoms with Gasteiger partial charge in [-0.15, -0.1) is 0 Å². The number of hydrogen-bond donors (Lipinski definition) is 1. The first-order valence-electron chi connectivity index (χ1n) is 4.30. The molecule has 0 aliphatic heterocycles. The molecule has 12 heavy (non-hydrogen) atoms. The number of nitrogens with zero attached hydrogens (tertiary/aromatic N) is 2. The van der Waals surface area contributed by atoms with Gasteiger partial charge in [0, 0.05) is 24.5 Å². The van der Waals surface area contributed by atoms with Gasteiger partial charge >= 0.3 is 0 Å². The Kier molecular flexibility index (Phi) is 2.04. The lowest BCUT2D eigenvalue weighted by Gasteiger charge is -2.06. The predicted molar refractivity (Wildman–Crippen MR) is 44.6 cm³/mol. The second-order valence-corrected chi connectivity index (χ2v) is 3.29. The molecule has 1 saturated carbocycles. The molecular formula is C9H12N2O. The van der Waals surface area contributed by atoms with Crippen molar-refractivity contribution < 1.29 is 5.11 Å². The molecule has 1 aliphatic carbocycles. The molecule has 1 aliphatic rings. The van der Waals surface area contributed by atoms with E-state index in [2.05, 4.69) is 9.97 Å². The van der Waals surface area contributed by atoms with Gasteiger partial charge in [-0.05, 0) is 19.3 Å². The molecule has 2 atom stereocenters. The Bertz CT molecular complexity index is 250. The van der Waals surface area contributed by atoms with Crippen LogP contribution in [0.3, 0.4) is 0 Å². The zero-order chi connectivity index (χ0) is 8.39. The van der Waals surface area contributed by atoms with E-state index in [-0.39, 0.29) is 6.10 Å². The fourth-order valence-electron chi connectivity index (χ4n) is 1.75. The summed E-state index contributed by atoms with van der Waals surface area (Å²) >= 11 is 0. The van der Waals surface area contributed by atoms with E-state index in [1.54, 1.807) is 18.6 Å². The van der Waals surface area contributed by atoms with Crippen LogP contribution in [-0.2, 0) is 0 Å². The zero-order valence-corrected chi connectivity index (χ0v) is 6.85. The Morgan fingerprint density at radius 1 is 1.33 bits per heavy atom. The van der Waals surface area contributed by atoms with Gasteiger partial charge in [0.05, 0.1) is 11.8 Å². The highest BCUT2D eigenvalue weighted by Crippen LogP contribution is 2.32. The highest BCUT2D eigenvalue weighted by atomic mass is 16.3. The fraction of sp³-hybridized carbons (Fsp3) is 0.556. The van der Waals surface area contributed by atoms with E-state index in [1.807, 2.05) is 0 Å². The van der Waals surface area contributed by atoms with Crippen LogP contribution < -0.4 is 0 Å². The van der Waals surface area contributed by atoms with Gasteiger partial charge in [0.1, 0.15) is 0 Å². The smallest absolute Gasteiger partial charge is 0.0618 e. The average molecular weight is 164 g/mol. The quantitative estimate of drug-likeness (QED) is 0.676. The molecule has 2 rings (SSSR count). The molecule has 0 bridgehead atoms. The van der Waals surface area contributed by atoms with Crippen LogP contribution in [-0.4, -0.2) is 21.2 Å². The first-order chi connectivity index (χ1) is 5.86. The van der Waals surface area contributed by atoms with Gasteiger partial charge in [-0.2, -0.15) is 0 Å². The van der Waals surface area contributed by atoms with E-state index in [4.69, 9.17) is 0 Å². The highest BCUT2D eigenvalue weighted by Gasteiger charge is 2.24. The Morgan fingerprint density at radius 3 is 2.83 bits per heavy atom. The number of aromatic nitrogens is 2. The van der Waals surface area contributed by atoms with E-state index in [0.717, 1.165) is 25.0 Å². The van der Waals surface area contributed by atoms with Crippen molar-refractivity contribution in [1.29, 1.82) is 0 Å². The zero-order valence-electron chi connectivity index (χ0n) is 6.85. The lowest BCUT2D eigenvalue weighted by molar-refractivity contribution is 0.181. The van der Waals surface area contributed by atoms with Gasteiger partial charge < -0.3 is 5.11 Å². The van der Waals surface area contributed by atoms with Gasteiger partial charge in [0.15, 0.2) is 0 Å². The van der Waals surface area contributed by atoms with E-state index < -0.39 is 0 Å². The van der Waals surface area contributed by atoms with Crippen LogP contribution in [0.15, 0.2) is 18.6 Å². The van der Waals surface area contributed by atoms with Crippen molar-refractivity contribution in [3.8, 4) is 0 Å². The number of hydrogen-bond acceptors (Lipinski definition) is 3. The van der Waals surface area contributed by atoms with Crippen molar-refractivity contribution >= 4 is 0 Å². The lowest BCUT2D eigenvalue weighted by Crippen LogP contribution is -2.01. The Balaban J connectivity index is 2.11. The summed E-state index contributed by atoms with van der Waals surface area (Å²) in [5.74, 6) is 0.425. The molecule has 0 spiro atoms. The number of aliphatic hydroxyl groups is 1. The molecule has 1 fully saturated rings. The minimum atomic E-state index is -0.128. The molecule has 1 aromatic heterocycles. The molecule has 0 aromatic carbocycles. The normalized spacial score (nSPS) is 29.1. The summed E-state index contributed by atoms with van der Waals surface area (Å²) in [7, 11) is 0. The van der Waals surface area contributed by atoms with Gasteiger partial charge in [-0.25, -0.2) is 0 Å². The third-order valence-corrected chi connectivity index (χ3v) is 2.41. The van der Waals surface area contributed by atoms with Crippen LogP contribution in [0.4, 0.5) is 0 Å². The van der Waals surface area contributed by atoms with Crippen molar-refractivity contribution in [2.45, 2.75) is 31.3 Å². The fourth-order valence-corrected chi connectivity index (χ4v) is 1.75. The maximum absolute atomic E-state index is 9.31. The summed E-state index contributed by atoms with van der Waals surface area (Å²) in [6.07, 6.45) is 7.84. The summed E-state index contributed by atoms with van der Waals surface area (Å²) in [6.45, 7) is 0. The molecule has 1 N–H and O–H groups in total. The van der Waals surface area contributed by atoms with Crippen molar-refractivity contribution in [1.82, 2.24) is 9.97 Å². The van der Waals surface area contributed by atoms with Crippen LogP contribution in [0.25, 0.3) is 0 Å². The van der Waals surface area contributed by atoms with Gasteiger partial charge in [0.2, 0.25) is 0 Å². The maximum Gasteiger partial charge on any atom is 0.0618 e. The van der Waals surface area contributed by atoms with E-state index in [0.29, 0.717) is 5.92 Å². The summed E-state index contributed by atoms with van der Waals surface area (Å²) < 4.78 is 0. The van der Waals surface area contributed by atoms with Gasteiger partial charge in [-0.1, -0.05) is 0 Å². The molecular weight excluding hydrogens is 152 g/mol. The minimum Gasteiger partial charge on any atom is -0.393 e. The van der Waals surface area contributed by atoms with Crippen LogP contribution in [0, 0.1) is 0 Å². The first kappa shape index (κ1) is 7.68. The Morgan fingerprint density at radius 2 is 2.25 bits per heavy atom. The second kappa shape index (κ2) is 3.19. The molecule has 1 heterocycles. The molecule has 0 saturated heterocycles. The maximum atomic E-state index is 9.31. The summed E-state index contributed by atoms with van der Waals surface area (Å²) in [5.41, 5.74) is 1.02. The van der Waals surface area contributed by atoms with Crippen molar-refractivity contribution in [2.24, 2.45) is 0 Å². The van der Waals surface area contributed by atoms with Crippen LogP contribution in [0.5, 0.6) is 0 Å². The van der Waals surface area contributed by atoms with E-state index in [1.165, 1.54) is 0 Å². The van der Waals surface area contributed by atoms with Crippen LogP contribution >= 0.6 is 0 Å². The molecule has 64 valence electrons. The van der Waals surface area contributed by atoms with Crippen LogP contribution in [0.1, 0.15) is 30.9 Å². The Hall–Kier alpha value is -0.960. The van der Waals surface area contributed by atoms with Crippen molar-refractivity contribution in [3.63, 3.8) is 0 Å². The van der Waals surface area contributed by atoms with Crippen molar-refractivity contribution in [2.75, 3.05) is 0 Å². The number of aliphatic hydroxyl groups excluding tert-OH is 1. The second-order valence-electron chi connectivity index (χ2n) is 3.29. The van der Waals surface area contributed by atoms with Crippen molar-refractivity contribution in [3.05, 3.63) is 24.3 Å². The van der Waals surface area contributed by atoms with Crippen LogP contribution in [0.2, 0.25) is 0 Å². The highest BCUT2D eigenvalue weighted by molar-refractivity contribution is 5.06. The first-order valence-corrected chi connectivity index (χ1v) is 4.30. The summed E-state index contributed by atoms with van der Waals surface area (Å²) in [6, 6.07) is 0. The molecule has 0 radical (unpaired) electrons. The average Bonchev–Trinajstić information content (AvgIpc) is 2.54. The summed E-state index contributed by atoms with van der Waals surface area (Å²) in [5, 5.41) is 9.31. The molecule has 3 nitrogen and oxygen atoms in total. The van der Waals surface area contributed by atoms with E-state index >= 15 is 0 Å².